The maximum atomic E-state index is 13.2. The summed E-state index contributed by atoms with van der Waals surface area (Å²) in [7, 11) is -7.99. The van der Waals surface area contributed by atoms with Crippen LogP contribution in [0.5, 0.6) is 0 Å². The summed E-state index contributed by atoms with van der Waals surface area (Å²) in [4.78, 5) is 12.5. The first-order valence-electron chi connectivity index (χ1n) is 9.63. The Morgan fingerprint density at radius 1 is 0.909 bits per heavy atom. The quantitative estimate of drug-likeness (QED) is 0.349. The van der Waals surface area contributed by atoms with Crippen LogP contribution >= 0.6 is 22.9 Å². The lowest BCUT2D eigenvalue weighted by Crippen LogP contribution is -2.16. The van der Waals surface area contributed by atoms with Gasteiger partial charge < -0.3 is 0 Å². The van der Waals surface area contributed by atoms with Crippen molar-refractivity contribution in [3.05, 3.63) is 88.4 Å². The first-order valence-corrected chi connectivity index (χ1v) is 14.2. The van der Waals surface area contributed by atoms with Gasteiger partial charge in [0.15, 0.2) is 15.6 Å². The summed E-state index contributed by atoms with van der Waals surface area (Å²) in [6.45, 7) is 1.65. The molecule has 4 rings (SSSR count). The number of fused-ring (bicyclic) bond motifs is 1. The Labute approximate surface area is 200 Å². The van der Waals surface area contributed by atoms with Crippen LogP contribution in [0.2, 0.25) is 5.02 Å². The SMILES string of the molecule is Cc1c(S(=O)(=O)Nc2ccc(C(=O)c3ccccc3)cc2S(C)(=O)=O)sc2cccc(Cl)c12. The Morgan fingerprint density at radius 3 is 2.24 bits per heavy atom. The number of anilines is 1. The molecule has 3 aromatic carbocycles. The Hall–Kier alpha value is -2.72. The molecular weight excluding hydrogens is 502 g/mol. The van der Waals surface area contributed by atoms with Crippen molar-refractivity contribution in [2.24, 2.45) is 0 Å². The van der Waals surface area contributed by atoms with Gasteiger partial charge in [-0.25, -0.2) is 16.8 Å². The Kier molecular flexibility index (Phi) is 6.09. The lowest BCUT2D eigenvalue weighted by Gasteiger charge is -2.13. The second-order valence-corrected chi connectivity index (χ2v) is 12.7. The van der Waals surface area contributed by atoms with E-state index in [4.69, 9.17) is 11.6 Å². The van der Waals surface area contributed by atoms with Crippen molar-refractivity contribution in [2.75, 3.05) is 11.0 Å². The molecule has 0 aliphatic heterocycles. The summed E-state index contributed by atoms with van der Waals surface area (Å²) in [5, 5.41) is 1.07. The molecule has 1 aromatic heterocycles. The van der Waals surface area contributed by atoms with Crippen LogP contribution in [-0.2, 0) is 19.9 Å². The van der Waals surface area contributed by atoms with Crippen molar-refractivity contribution < 1.29 is 21.6 Å². The number of sulfonamides is 1. The molecule has 170 valence electrons. The highest BCUT2D eigenvalue weighted by Gasteiger charge is 2.26. The van der Waals surface area contributed by atoms with Crippen molar-refractivity contribution >= 4 is 64.4 Å². The van der Waals surface area contributed by atoms with Crippen molar-refractivity contribution in [3.8, 4) is 0 Å². The number of ketones is 1. The summed E-state index contributed by atoms with van der Waals surface area (Å²) < 4.78 is 54.5. The predicted molar refractivity (Wildman–Crippen MR) is 132 cm³/mol. The van der Waals surface area contributed by atoms with Crippen LogP contribution in [0.4, 0.5) is 5.69 Å². The molecule has 4 aromatic rings. The lowest BCUT2D eigenvalue weighted by atomic mass is 10.0. The molecule has 0 amide bonds. The summed E-state index contributed by atoms with van der Waals surface area (Å²) in [5.74, 6) is -0.370. The minimum absolute atomic E-state index is 0.0366. The van der Waals surface area contributed by atoms with E-state index in [1.54, 1.807) is 55.5 Å². The molecule has 0 saturated heterocycles. The standard InChI is InChI=1S/C23H18ClNO5S3/c1-14-21-17(24)9-6-10-19(21)31-23(14)33(29,30)25-18-12-11-16(13-20(18)32(2,27)28)22(26)15-7-4-3-5-8-15/h3-13,25H,1-2H3. The molecule has 0 aliphatic rings. The second-order valence-electron chi connectivity index (χ2n) is 7.41. The third-order valence-electron chi connectivity index (χ3n) is 5.03. The monoisotopic (exact) mass is 519 g/mol. The van der Waals surface area contributed by atoms with Gasteiger partial charge in [-0.1, -0.05) is 48.0 Å². The topological polar surface area (TPSA) is 97.4 Å². The number of nitrogens with one attached hydrogen (secondary N) is 1. The smallest absolute Gasteiger partial charge is 0.271 e. The minimum atomic E-state index is -4.13. The van der Waals surface area contributed by atoms with Gasteiger partial charge in [0.05, 0.1) is 10.6 Å². The van der Waals surface area contributed by atoms with E-state index in [0.29, 0.717) is 26.2 Å². The fourth-order valence-electron chi connectivity index (χ4n) is 3.49. The number of hydrogen-bond donors (Lipinski definition) is 1. The molecule has 0 unspecified atom stereocenters. The number of hydrogen-bond acceptors (Lipinski definition) is 6. The molecule has 1 N–H and O–H groups in total. The number of benzene rings is 3. The third kappa shape index (κ3) is 4.54. The lowest BCUT2D eigenvalue weighted by molar-refractivity contribution is 0.103. The zero-order chi connectivity index (χ0) is 24.0. The van der Waals surface area contributed by atoms with Gasteiger partial charge in [-0.2, -0.15) is 0 Å². The molecule has 0 radical (unpaired) electrons. The summed E-state index contributed by atoms with van der Waals surface area (Å²) in [5.41, 5.74) is 0.868. The molecule has 0 saturated carbocycles. The Bertz CT molecular complexity index is 1610. The highest BCUT2D eigenvalue weighted by Crippen LogP contribution is 2.39. The van der Waals surface area contributed by atoms with Gasteiger partial charge in [0.1, 0.15) is 4.21 Å². The van der Waals surface area contributed by atoms with Crippen LogP contribution < -0.4 is 4.72 Å². The first-order chi connectivity index (χ1) is 15.5. The molecular formula is C23H18ClNO5S3. The molecule has 0 spiro atoms. The van der Waals surface area contributed by atoms with E-state index in [1.807, 2.05) is 0 Å². The first kappa shape index (κ1) is 23.4. The number of carbonyl (C=O) groups excluding carboxylic acids is 1. The van der Waals surface area contributed by atoms with Crippen LogP contribution in [-0.4, -0.2) is 28.9 Å². The maximum absolute atomic E-state index is 13.2. The van der Waals surface area contributed by atoms with Crippen molar-refractivity contribution in [3.63, 3.8) is 0 Å². The van der Waals surface area contributed by atoms with Gasteiger partial charge >= 0.3 is 0 Å². The number of sulfone groups is 1. The van der Waals surface area contributed by atoms with E-state index in [1.165, 1.54) is 18.2 Å². The molecule has 33 heavy (non-hydrogen) atoms. The van der Waals surface area contributed by atoms with Crippen molar-refractivity contribution in [2.45, 2.75) is 16.0 Å². The minimum Gasteiger partial charge on any atom is -0.289 e. The van der Waals surface area contributed by atoms with Gasteiger partial charge in [-0.3, -0.25) is 9.52 Å². The second kappa shape index (κ2) is 8.57. The molecule has 0 aliphatic carbocycles. The van der Waals surface area contributed by atoms with E-state index < -0.39 is 19.9 Å². The number of halogens is 1. The largest absolute Gasteiger partial charge is 0.289 e. The van der Waals surface area contributed by atoms with Crippen LogP contribution in [0.1, 0.15) is 21.5 Å². The number of aryl methyl sites for hydroxylation is 1. The zero-order valence-electron chi connectivity index (χ0n) is 17.5. The van der Waals surface area contributed by atoms with E-state index in [0.717, 1.165) is 17.6 Å². The highest BCUT2D eigenvalue weighted by molar-refractivity contribution is 7.95. The van der Waals surface area contributed by atoms with Crippen LogP contribution in [0, 0.1) is 6.92 Å². The van der Waals surface area contributed by atoms with Gasteiger partial charge in [0.2, 0.25) is 0 Å². The Morgan fingerprint density at radius 2 is 1.61 bits per heavy atom. The van der Waals surface area contributed by atoms with Crippen LogP contribution in [0.25, 0.3) is 10.1 Å². The van der Waals surface area contributed by atoms with Gasteiger partial charge in [-0.05, 0) is 42.8 Å². The molecule has 10 heteroatoms. The van der Waals surface area contributed by atoms with Crippen molar-refractivity contribution in [1.82, 2.24) is 0 Å². The Balaban J connectivity index is 1.79. The average Bonchev–Trinajstić information content (AvgIpc) is 3.12. The summed E-state index contributed by atoms with van der Waals surface area (Å²) in [6.07, 6.45) is 0.960. The van der Waals surface area contributed by atoms with Crippen LogP contribution in [0.3, 0.4) is 0 Å². The third-order valence-corrected chi connectivity index (χ3v) is 9.72. The number of carbonyl (C=O) groups is 1. The maximum Gasteiger partial charge on any atom is 0.271 e. The van der Waals surface area contributed by atoms with Gasteiger partial charge in [0, 0.05) is 32.5 Å². The van der Waals surface area contributed by atoms with E-state index >= 15 is 0 Å². The average molecular weight is 520 g/mol. The van der Waals surface area contributed by atoms with Crippen LogP contribution in [0.15, 0.2) is 75.8 Å². The van der Waals surface area contributed by atoms with E-state index in [2.05, 4.69) is 4.72 Å². The highest BCUT2D eigenvalue weighted by atomic mass is 35.5. The zero-order valence-corrected chi connectivity index (χ0v) is 20.7. The normalized spacial score (nSPS) is 12.1. The fourth-order valence-corrected chi connectivity index (χ4v) is 7.65. The molecule has 6 nitrogen and oxygen atoms in total. The van der Waals surface area contributed by atoms with E-state index in [9.17, 15) is 21.6 Å². The molecule has 1 heterocycles. The van der Waals surface area contributed by atoms with Gasteiger partial charge in [0.25, 0.3) is 10.0 Å². The summed E-state index contributed by atoms with van der Waals surface area (Å²) >= 11 is 7.29. The fraction of sp³-hybridized carbons (Fsp3) is 0.0870. The summed E-state index contributed by atoms with van der Waals surface area (Å²) in [6, 6.07) is 17.5. The van der Waals surface area contributed by atoms with Crippen molar-refractivity contribution in [1.29, 1.82) is 0 Å². The van der Waals surface area contributed by atoms with Gasteiger partial charge in [-0.15, -0.1) is 11.3 Å². The molecule has 0 bridgehead atoms. The number of rotatable bonds is 6. The number of thiophene rings is 1. The van der Waals surface area contributed by atoms with E-state index in [-0.39, 0.29) is 26.1 Å². The predicted octanol–water partition coefficient (Wildman–Crippen LogP) is 5.30. The molecule has 0 fully saturated rings. The molecule has 0 atom stereocenters.